The third kappa shape index (κ3) is 5.51. The van der Waals surface area contributed by atoms with Crippen LogP contribution in [0.4, 0.5) is 10.5 Å². The van der Waals surface area contributed by atoms with Gasteiger partial charge in [-0.15, -0.1) is 0 Å². The Balaban J connectivity index is 2.39. The van der Waals surface area contributed by atoms with E-state index in [4.69, 9.17) is 9.88 Å². The van der Waals surface area contributed by atoms with Crippen LogP contribution < -0.4 is 20.5 Å². The third-order valence-corrected chi connectivity index (χ3v) is 2.79. The lowest BCUT2D eigenvalue weighted by molar-refractivity contribution is 0.252. The van der Waals surface area contributed by atoms with Gasteiger partial charge in [0, 0.05) is 12.2 Å². The molecule has 18 heavy (non-hydrogen) atoms. The van der Waals surface area contributed by atoms with Crippen molar-refractivity contribution in [3.63, 3.8) is 0 Å². The first-order valence-corrected chi connectivity index (χ1v) is 6.81. The highest BCUT2D eigenvalue weighted by Crippen LogP contribution is 2.14. The second kappa shape index (κ2) is 6.22. The fourth-order valence-electron chi connectivity index (χ4n) is 1.16. The van der Waals surface area contributed by atoms with Crippen LogP contribution in [0.15, 0.2) is 24.3 Å². The largest absolute Gasteiger partial charge is 0.497 e. The molecule has 0 spiro atoms. The SMILES string of the molecule is COc1ccc(NC(=O)NCCS(N)(=O)=O)cc1. The van der Waals surface area contributed by atoms with Crippen LogP contribution >= 0.6 is 0 Å². The van der Waals surface area contributed by atoms with Gasteiger partial charge in [0.2, 0.25) is 10.0 Å². The van der Waals surface area contributed by atoms with Gasteiger partial charge in [-0.3, -0.25) is 0 Å². The lowest BCUT2D eigenvalue weighted by atomic mass is 10.3. The van der Waals surface area contributed by atoms with Gasteiger partial charge in [-0.05, 0) is 24.3 Å². The molecule has 0 aromatic heterocycles. The Hall–Kier alpha value is -1.80. The van der Waals surface area contributed by atoms with E-state index >= 15 is 0 Å². The molecule has 2 amide bonds. The van der Waals surface area contributed by atoms with Gasteiger partial charge >= 0.3 is 6.03 Å². The molecule has 0 saturated carbocycles. The Kier molecular flexibility index (Phi) is 4.93. The number of sulfonamides is 1. The van der Waals surface area contributed by atoms with E-state index in [1.807, 2.05) is 0 Å². The van der Waals surface area contributed by atoms with Crippen molar-refractivity contribution < 1.29 is 17.9 Å². The molecule has 0 heterocycles. The van der Waals surface area contributed by atoms with Crippen molar-refractivity contribution in [3.8, 4) is 5.75 Å². The second-order valence-corrected chi connectivity index (χ2v) is 5.21. The summed E-state index contributed by atoms with van der Waals surface area (Å²) in [5.74, 6) is 0.374. The first kappa shape index (κ1) is 14.3. The van der Waals surface area contributed by atoms with Crippen LogP contribution in [-0.4, -0.2) is 33.9 Å². The van der Waals surface area contributed by atoms with Gasteiger partial charge in [-0.25, -0.2) is 18.4 Å². The summed E-state index contributed by atoms with van der Waals surface area (Å²) in [6.45, 7) is -0.0409. The molecule has 1 aromatic rings. The third-order valence-electron chi connectivity index (χ3n) is 2.02. The zero-order valence-electron chi connectivity index (χ0n) is 9.84. The highest BCUT2D eigenvalue weighted by atomic mass is 32.2. The van der Waals surface area contributed by atoms with Gasteiger partial charge in [-0.1, -0.05) is 0 Å². The molecule has 0 saturated heterocycles. The molecule has 7 nitrogen and oxygen atoms in total. The number of nitrogens with two attached hydrogens (primary N) is 1. The van der Waals surface area contributed by atoms with Crippen molar-refractivity contribution >= 4 is 21.7 Å². The Morgan fingerprint density at radius 3 is 2.44 bits per heavy atom. The highest BCUT2D eigenvalue weighted by molar-refractivity contribution is 7.89. The fraction of sp³-hybridized carbons (Fsp3) is 0.300. The van der Waals surface area contributed by atoms with Crippen molar-refractivity contribution in [2.45, 2.75) is 0 Å². The molecule has 0 radical (unpaired) electrons. The minimum Gasteiger partial charge on any atom is -0.497 e. The van der Waals surface area contributed by atoms with Crippen molar-refractivity contribution in [1.82, 2.24) is 5.32 Å². The summed E-state index contributed by atoms with van der Waals surface area (Å²) in [5.41, 5.74) is 0.573. The molecular weight excluding hydrogens is 258 g/mol. The van der Waals surface area contributed by atoms with E-state index in [1.54, 1.807) is 31.4 Å². The number of hydrogen-bond donors (Lipinski definition) is 3. The maximum absolute atomic E-state index is 11.4. The van der Waals surface area contributed by atoms with Gasteiger partial charge in [-0.2, -0.15) is 0 Å². The number of hydrogen-bond acceptors (Lipinski definition) is 4. The predicted octanol–water partition coefficient (Wildman–Crippen LogP) is 0.105. The molecule has 1 aromatic carbocycles. The number of primary sulfonamides is 1. The van der Waals surface area contributed by atoms with Crippen LogP contribution in [-0.2, 0) is 10.0 Å². The van der Waals surface area contributed by atoms with E-state index < -0.39 is 16.1 Å². The highest BCUT2D eigenvalue weighted by Gasteiger charge is 2.05. The Morgan fingerprint density at radius 2 is 1.94 bits per heavy atom. The van der Waals surface area contributed by atoms with E-state index in [0.717, 1.165) is 0 Å². The Bertz CT molecular complexity index is 498. The van der Waals surface area contributed by atoms with Gasteiger partial charge in [0.15, 0.2) is 0 Å². The van der Waals surface area contributed by atoms with Gasteiger partial charge < -0.3 is 15.4 Å². The molecule has 0 unspecified atom stereocenters. The maximum Gasteiger partial charge on any atom is 0.319 e. The molecule has 0 aliphatic heterocycles. The average molecular weight is 273 g/mol. The van der Waals surface area contributed by atoms with Crippen molar-refractivity contribution in [3.05, 3.63) is 24.3 Å². The van der Waals surface area contributed by atoms with E-state index in [9.17, 15) is 13.2 Å². The molecule has 0 fully saturated rings. The Labute approximate surface area is 105 Å². The minimum atomic E-state index is -3.56. The van der Waals surface area contributed by atoms with Crippen LogP contribution in [0, 0.1) is 0 Å². The predicted molar refractivity (Wildman–Crippen MR) is 68.0 cm³/mol. The number of carbonyl (C=O) groups is 1. The zero-order valence-corrected chi connectivity index (χ0v) is 10.7. The standard InChI is InChI=1S/C10H15N3O4S/c1-17-9-4-2-8(3-5-9)13-10(14)12-6-7-18(11,15)16/h2-5H,6-7H2,1H3,(H2,11,15,16)(H2,12,13,14). The molecule has 8 heteroatoms. The van der Waals surface area contributed by atoms with Gasteiger partial charge in [0.1, 0.15) is 5.75 Å². The smallest absolute Gasteiger partial charge is 0.319 e. The van der Waals surface area contributed by atoms with Gasteiger partial charge in [0.25, 0.3) is 0 Å². The van der Waals surface area contributed by atoms with E-state index in [-0.39, 0.29) is 12.3 Å². The molecular formula is C10H15N3O4S. The van der Waals surface area contributed by atoms with Crippen LogP contribution in [0.5, 0.6) is 5.75 Å². The molecule has 0 bridgehead atoms. The molecule has 4 N–H and O–H groups in total. The lowest BCUT2D eigenvalue weighted by Crippen LogP contribution is -2.34. The zero-order chi connectivity index (χ0) is 13.6. The molecule has 0 aliphatic rings. The van der Waals surface area contributed by atoms with Crippen molar-refractivity contribution in [2.75, 3.05) is 24.7 Å². The number of benzene rings is 1. The fourth-order valence-corrected chi connectivity index (χ4v) is 1.54. The monoisotopic (exact) mass is 273 g/mol. The number of rotatable bonds is 5. The van der Waals surface area contributed by atoms with Crippen LogP contribution in [0.1, 0.15) is 0 Å². The summed E-state index contributed by atoms with van der Waals surface area (Å²) in [6.07, 6.45) is 0. The Morgan fingerprint density at radius 1 is 1.33 bits per heavy atom. The van der Waals surface area contributed by atoms with Crippen molar-refractivity contribution in [1.29, 1.82) is 0 Å². The average Bonchev–Trinajstić information content (AvgIpc) is 2.28. The van der Waals surface area contributed by atoms with Crippen LogP contribution in [0.3, 0.4) is 0 Å². The van der Waals surface area contributed by atoms with Crippen LogP contribution in [0.2, 0.25) is 0 Å². The van der Waals surface area contributed by atoms with Gasteiger partial charge in [0.05, 0.1) is 12.9 Å². The van der Waals surface area contributed by atoms with Crippen LogP contribution in [0.25, 0.3) is 0 Å². The summed E-state index contributed by atoms with van der Waals surface area (Å²) >= 11 is 0. The number of anilines is 1. The first-order valence-electron chi connectivity index (χ1n) is 5.10. The summed E-state index contributed by atoms with van der Waals surface area (Å²) in [7, 11) is -2.02. The number of urea groups is 1. The summed E-state index contributed by atoms with van der Waals surface area (Å²) in [6, 6.07) is 6.22. The van der Waals surface area contributed by atoms with E-state index in [1.165, 1.54) is 0 Å². The number of carbonyl (C=O) groups excluding carboxylic acids is 1. The normalized spacial score (nSPS) is 10.8. The number of methoxy groups -OCH3 is 1. The van der Waals surface area contributed by atoms with E-state index in [0.29, 0.717) is 11.4 Å². The topological polar surface area (TPSA) is 111 Å². The lowest BCUT2D eigenvalue weighted by Gasteiger charge is -2.07. The number of ether oxygens (including phenoxy) is 1. The molecule has 0 aliphatic carbocycles. The number of nitrogens with one attached hydrogen (secondary N) is 2. The van der Waals surface area contributed by atoms with E-state index in [2.05, 4.69) is 10.6 Å². The summed E-state index contributed by atoms with van der Waals surface area (Å²) in [5, 5.41) is 9.71. The summed E-state index contributed by atoms with van der Waals surface area (Å²) < 4.78 is 26.2. The quantitative estimate of drug-likeness (QED) is 0.706. The summed E-state index contributed by atoms with van der Waals surface area (Å²) in [4.78, 5) is 11.4. The van der Waals surface area contributed by atoms with Crippen molar-refractivity contribution in [2.24, 2.45) is 5.14 Å². The second-order valence-electron chi connectivity index (χ2n) is 3.48. The number of amides is 2. The first-order chi connectivity index (χ1) is 8.40. The molecule has 1 rings (SSSR count). The molecule has 100 valence electrons. The molecule has 0 atom stereocenters. The maximum atomic E-state index is 11.4. The minimum absolute atomic E-state index is 0.0409.